The van der Waals surface area contributed by atoms with E-state index in [0.29, 0.717) is 25.3 Å². The van der Waals surface area contributed by atoms with Crippen molar-refractivity contribution in [3.63, 3.8) is 0 Å². The zero-order valence-electron chi connectivity index (χ0n) is 13.7. The van der Waals surface area contributed by atoms with E-state index in [0.717, 1.165) is 39.0 Å². The van der Waals surface area contributed by atoms with Gasteiger partial charge in [-0.2, -0.15) is 0 Å². The Balaban J connectivity index is 1.98. The van der Waals surface area contributed by atoms with E-state index >= 15 is 0 Å². The number of hydrogen-bond acceptors (Lipinski definition) is 3. The van der Waals surface area contributed by atoms with Crippen molar-refractivity contribution in [3.05, 3.63) is 0 Å². The third-order valence-corrected chi connectivity index (χ3v) is 5.12. The van der Waals surface area contributed by atoms with E-state index in [4.69, 9.17) is 0 Å². The molecule has 2 aliphatic heterocycles. The number of nitrogens with one attached hydrogen (secondary N) is 1. The van der Waals surface area contributed by atoms with Crippen molar-refractivity contribution < 1.29 is 9.59 Å². The van der Waals surface area contributed by atoms with Gasteiger partial charge in [-0.25, -0.2) is 0 Å². The van der Waals surface area contributed by atoms with Crippen LogP contribution in [-0.2, 0) is 9.59 Å². The number of piperidine rings is 1. The first-order chi connectivity index (χ1) is 9.98. The summed E-state index contributed by atoms with van der Waals surface area (Å²) in [6.07, 6.45) is 3.38. The van der Waals surface area contributed by atoms with Crippen LogP contribution in [0.25, 0.3) is 0 Å². The number of carbonyl (C=O) groups is 2. The summed E-state index contributed by atoms with van der Waals surface area (Å²) in [5, 5.41) is 2.90. The Morgan fingerprint density at radius 3 is 2.43 bits per heavy atom. The molecule has 2 rings (SSSR count). The van der Waals surface area contributed by atoms with E-state index in [2.05, 4.69) is 17.1 Å². The minimum Gasteiger partial charge on any atom is -0.342 e. The van der Waals surface area contributed by atoms with Crippen molar-refractivity contribution in [2.24, 2.45) is 5.92 Å². The molecule has 0 aromatic rings. The van der Waals surface area contributed by atoms with E-state index in [9.17, 15) is 9.59 Å². The smallest absolute Gasteiger partial charge is 0.248 e. The zero-order valence-corrected chi connectivity index (χ0v) is 13.7. The molecule has 0 radical (unpaired) electrons. The lowest BCUT2D eigenvalue weighted by Crippen LogP contribution is -2.55. The largest absolute Gasteiger partial charge is 0.342 e. The topological polar surface area (TPSA) is 52.6 Å². The summed E-state index contributed by atoms with van der Waals surface area (Å²) in [6.45, 7) is 10.8. The number of rotatable bonds is 4. The maximum Gasteiger partial charge on any atom is 0.248 e. The number of nitrogens with zero attached hydrogens (tertiary/aromatic N) is 2. The molecule has 5 nitrogen and oxygen atoms in total. The molecule has 0 aromatic heterocycles. The molecule has 0 bridgehead atoms. The summed E-state index contributed by atoms with van der Waals surface area (Å²) in [6, 6.07) is 0. The van der Waals surface area contributed by atoms with Crippen LogP contribution in [0.3, 0.4) is 0 Å². The van der Waals surface area contributed by atoms with Gasteiger partial charge in [-0.3, -0.25) is 9.59 Å². The molecule has 1 unspecified atom stereocenters. The van der Waals surface area contributed by atoms with Crippen molar-refractivity contribution >= 4 is 11.8 Å². The standard InChI is InChI=1S/C16H29N3O2/c1-4-16(3)15(21)19(11-8-14(20)17-16)12-13-6-9-18(5-2)10-7-13/h13H,4-12H2,1-3H3,(H,17,20). The fourth-order valence-corrected chi connectivity index (χ4v) is 3.32. The van der Waals surface area contributed by atoms with Gasteiger partial charge in [0, 0.05) is 19.5 Å². The van der Waals surface area contributed by atoms with Crippen molar-refractivity contribution in [3.8, 4) is 0 Å². The van der Waals surface area contributed by atoms with E-state index < -0.39 is 5.54 Å². The average Bonchev–Trinajstić information content (AvgIpc) is 2.60. The molecule has 2 fully saturated rings. The lowest BCUT2D eigenvalue weighted by atomic mass is 9.93. The number of hydrogen-bond donors (Lipinski definition) is 1. The third kappa shape index (κ3) is 3.76. The van der Waals surface area contributed by atoms with Gasteiger partial charge in [0.2, 0.25) is 11.8 Å². The highest BCUT2D eigenvalue weighted by atomic mass is 16.2. The van der Waals surface area contributed by atoms with Crippen LogP contribution >= 0.6 is 0 Å². The van der Waals surface area contributed by atoms with E-state index in [1.165, 1.54) is 0 Å². The lowest BCUT2D eigenvalue weighted by Gasteiger charge is -2.36. The summed E-state index contributed by atoms with van der Waals surface area (Å²) < 4.78 is 0. The highest BCUT2D eigenvalue weighted by Crippen LogP contribution is 2.22. The van der Waals surface area contributed by atoms with Crippen LogP contribution in [0.5, 0.6) is 0 Å². The van der Waals surface area contributed by atoms with Crippen LogP contribution in [0.15, 0.2) is 0 Å². The SMILES string of the molecule is CCN1CCC(CN2CCC(=O)NC(C)(CC)C2=O)CC1. The molecular weight excluding hydrogens is 266 g/mol. The molecule has 21 heavy (non-hydrogen) atoms. The summed E-state index contributed by atoms with van der Waals surface area (Å²) in [4.78, 5) is 28.9. The number of amides is 2. The molecule has 5 heteroatoms. The van der Waals surface area contributed by atoms with Crippen LogP contribution in [0.4, 0.5) is 0 Å². The van der Waals surface area contributed by atoms with Crippen LogP contribution in [0.2, 0.25) is 0 Å². The van der Waals surface area contributed by atoms with Gasteiger partial charge in [-0.05, 0) is 51.7 Å². The van der Waals surface area contributed by atoms with Crippen LogP contribution < -0.4 is 5.32 Å². The Hall–Kier alpha value is -1.10. The van der Waals surface area contributed by atoms with Gasteiger partial charge in [-0.15, -0.1) is 0 Å². The Kier molecular flexibility index (Phi) is 5.25. The molecule has 2 heterocycles. The molecular formula is C16H29N3O2. The number of likely N-dealkylation sites (tertiary alicyclic amines) is 1. The van der Waals surface area contributed by atoms with Crippen molar-refractivity contribution in [2.75, 3.05) is 32.7 Å². The third-order valence-electron chi connectivity index (χ3n) is 5.12. The van der Waals surface area contributed by atoms with Gasteiger partial charge in [0.15, 0.2) is 0 Å². The minimum atomic E-state index is -0.724. The first-order valence-electron chi connectivity index (χ1n) is 8.31. The summed E-state index contributed by atoms with van der Waals surface area (Å²) >= 11 is 0. The predicted octanol–water partition coefficient (Wildman–Crippen LogP) is 1.24. The Morgan fingerprint density at radius 2 is 1.86 bits per heavy atom. The van der Waals surface area contributed by atoms with Gasteiger partial charge >= 0.3 is 0 Å². The van der Waals surface area contributed by atoms with Gasteiger partial charge in [0.05, 0.1) is 0 Å². The van der Waals surface area contributed by atoms with Crippen LogP contribution in [0, 0.1) is 5.92 Å². The Morgan fingerprint density at radius 1 is 1.19 bits per heavy atom. The Labute approximate surface area is 128 Å². The normalized spacial score (nSPS) is 29.4. The predicted molar refractivity (Wildman–Crippen MR) is 82.9 cm³/mol. The van der Waals surface area contributed by atoms with Gasteiger partial charge in [-0.1, -0.05) is 13.8 Å². The second-order valence-electron chi connectivity index (χ2n) is 6.61. The van der Waals surface area contributed by atoms with Crippen molar-refractivity contribution in [1.29, 1.82) is 0 Å². The first-order valence-corrected chi connectivity index (χ1v) is 8.31. The fraction of sp³-hybridized carbons (Fsp3) is 0.875. The van der Waals surface area contributed by atoms with Gasteiger partial charge < -0.3 is 15.1 Å². The maximum absolute atomic E-state index is 12.7. The van der Waals surface area contributed by atoms with Crippen LogP contribution in [0.1, 0.15) is 46.5 Å². The summed E-state index contributed by atoms with van der Waals surface area (Å²) in [5.74, 6) is 0.663. The van der Waals surface area contributed by atoms with E-state index in [1.807, 2.05) is 18.7 Å². The molecule has 0 saturated carbocycles. The zero-order chi connectivity index (χ0) is 15.5. The maximum atomic E-state index is 12.7. The number of carbonyl (C=O) groups excluding carboxylic acids is 2. The molecule has 2 amide bonds. The van der Waals surface area contributed by atoms with E-state index in [-0.39, 0.29) is 11.8 Å². The van der Waals surface area contributed by atoms with Gasteiger partial charge in [0.1, 0.15) is 5.54 Å². The summed E-state index contributed by atoms with van der Waals surface area (Å²) in [5.41, 5.74) is -0.724. The van der Waals surface area contributed by atoms with Crippen molar-refractivity contribution in [2.45, 2.75) is 52.0 Å². The molecule has 120 valence electrons. The van der Waals surface area contributed by atoms with Crippen molar-refractivity contribution in [1.82, 2.24) is 15.1 Å². The minimum absolute atomic E-state index is 0.00370. The highest BCUT2D eigenvalue weighted by Gasteiger charge is 2.39. The molecule has 1 atom stereocenters. The molecule has 0 spiro atoms. The molecule has 1 N–H and O–H groups in total. The molecule has 0 aliphatic carbocycles. The first kappa shape index (κ1) is 16.3. The molecule has 0 aromatic carbocycles. The summed E-state index contributed by atoms with van der Waals surface area (Å²) in [7, 11) is 0. The average molecular weight is 295 g/mol. The van der Waals surface area contributed by atoms with E-state index in [1.54, 1.807) is 0 Å². The van der Waals surface area contributed by atoms with Gasteiger partial charge in [0.25, 0.3) is 0 Å². The molecule has 2 saturated heterocycles. The second-order valence-corrected chi connectivity index (χ2v) is 6.61. The second kappa shape index (κ2) is 6.77. The van der Waals surface area contributed by atoms with Crippen LogP contribution in [-0.4, -0.2) is 59.9 Å². The molecule has 2 aliphatic rings. The lowest BCUT2D eigenvalue weighted by molar-refractivity contribution is -0.139. The Bertz CT molecular complexity index is 391. The quantitative estimate of drug-likeness (QED) is 0.849. The fourth-order valence-electron chi connectivity index (χ4n) is 3.32. The highest BCUT2D eigenvalue weighted by molar-refractivity contribution is 5.93. The monoisotopic (exact) mass is 295 g/mol.